The van der Waals surface area contributed by atoms with E-state index < -0.39 is 0 Å². The summed E-state index contributed by atoms with van der Waals surface area (Å²) in [5.74, 6) is -0.234. The molecule has 0 amide bonds. The van der Waals surface area contributed by atoms with Crippen LogP contribution in [0, 0.1) is 6.92 Å². The third kappa shape index (κ3) is 1.99. The van der Waals surface area contributed by atoms with Crippen LogP contribution in [0.2, 0.25) is 0 Å². The fourth-order valence-electron chi connectivity index (χ4n) is 0.969. The van der Waals surface area contributed by atoms with Gasteiger partial charge in [-0.05, 0) is 19.8 Å². The number of hydrogen-bond acceptors (Lipinski definition) is 3. The van der Waals surface area contributed by atoms with Gasteiger partial charge in [-0.1, -0.05) is 0 Å². The molecule has 0 atom stereocenters. The number of carbonyl (C=O) groups is 1. The number of hydrogen-bond donors (Lipinski definition) is 0. The van der Waals surface area contributed by atoms with Gasteiger partial charge in [0.1, 0.15) is 0 Å². The minimum atomic E-state index is -0.234. The van der Waals surface area contributed by atoms with E-state index in [0.717, 1.165) is 25.9 Å². The SMILES string of the molecule is [CH2]CC(=O)ON1CCCC1. The highest BCUT2D eigenvalue weighted by Gasteiger charge is 2.14. The van der Waals surface area contributed by atoms with Crippen molar-refractivity contribution < 1.29 is 9.63 Å². The van der Waals surface area contributed by atoms with E-state index in [2.05, 4.69) is 6.92 Å². The molecule has 3 heteroatoms. The molecule has 1 aliphatic heterocycles. The number of rotatable bonds is 2. The minimum Gasteiger partial charge on any atom is -0.368 e. The summed E-state index contributed by atoms with van der Waals surface area (Å²) in [5, 5.41) is 1.70. The van der Waals surface area contributed by atoms with Crippen LogP contribution in [-0.4, -0.2) is 24.1 Å². The summed E-state index contributed by atoms with van der Waals surface area (Å²) < 4.78 is 0. The second-order valence-electron chi connectivity index (χ2n) is 2.35. The van der Waals surface area contributed by atoms with Crippen molar-refractivity contribution in [3.8, 4) is 0 Å². The number of nitrogens with zero attached hydrogens (tertiary/aromatic N) is 1. The Morgan fingerprint density at radius 3 is 2.60 bits per heavy atom. The van der Waals surface area contributed by atoms with Gasteiger partial charge in [0.25, 0.3) is 0 Å². The van der Waals surface area contributed by atoms with Crippen LogP contribution in [0.25, 0.3) is 0 Å². The average Bonchev–Trinajstić information content (AvgIpc) is 2.40. The van der Waals surface area contributed by atoms with Crippen molar-refractivity contribution in [1.29, 1.82) is 0 Å². The molecule has 0 bridgehead atoms. The minimum absolute atomic E-state index is 0.219. The largest absolute Gasteiger partial charge is 0.368 e. The summed E-state index contributed by atoms with van der Waals surface area (Å²) in [5.41, 5.74) is 0. The quantitative estimate of drug-likeness (QED) is 0.570. The van der Waals surface area contributed by atoms with Crippen LogP contribution in [0.15, 0.2) is 0 Å². The predicted molar refractivity (Wildman–Crippen MR) is 36.9 cm³/mol. The zero-order valence-corrected chi connectivity index (χ0v) is 6.01. The highest BCUT2D eigenvalue weighted by Crippen LogP contribution is 2.07. The van der Waals surface area contributed by atoms with Crippen LogP contribution in [0.1, 0.15) is 19.3 Å². The summed E-state index contributed by atoms with van der Waals surface area (Å²) in [6.45, 7) is 5.19. The van der Waals surface area contributed by atoms with Gasteiger partial charge in [-0.15, -0.1) is 5.06 Å². The van der Waals surface area contributed by atoms with Crippen LogP contribution in [-0.2, 0) is 9.63 Å². The van der Waals surface area contributed by atoms with Crippen molar-refractivity contribution in [2.75, 3.05) is 13.1 Å². The predicted octanol–water partition coefficient (Wildman–Crippen LogP) is 0.765. The first-order valence-electron chi connectivity index (χ1n) is 3.58. The van der Waals surface area contributed by atoms with Crippen LogP contribution < -0.4 is 0 Å². The molecule has 1 rings (SSSR count). The van der Waals surface area contributed by atoms with E-state index in [1.807, 2.05) is 0 Å². The Balaban J connectivity index is 2.17. The topological polar surface area (TPSA) is 29.5 Å². The van der Waals surface area contributed by atoms with E-state index in [1.165, 1.54) is 0 Å². The molecule has 0 N–H and O–H groups in total. The summed E-state index contributed by atoms with van der Waals surface area (Å²) in [4.78, 5) is 15.5. The van der Waals surface area contributed by atoms with E-state index in [0.29, 0.717) is 0 Å². The van der Waals surface area contributed by atoms with E-state index in [1.54, 1.807) is 5.06 Å². The fourth-order valence-corrected chi connectivity index (χ4v) is 0.969. The van der Waals surface area contributed by atoms with Crippen LogP contribution in [0.3, 0.4) is 0 Å². The highest BCUT2D eigenvalue weighted by atomic mass is 16.7. The zero-order chi connectivity index (χ0) is 7.40. The Labute approximate surface area is 60.9 Å². The first-order valence-corrected chi connectivity index (χ1v) is 3.58. The lowest BCUT2D eigenvalue weighted by Gasteiger charge is -2.12. The van der Waals surface area contributed by atoms with Crippen LogP contribution in [0.5, 0.6) is 0 Å². The van der Waals surface area contributed by atoms with Crippen molar-refractivity contribution in [3.63, 3.8) is 0 Å². The standard InChI is InChI=1S/C7H12NO2/c1-2-7(9)10-8-5-3-4-6-8/h1-6H2. The monoisotopic (exact) mass is 142 g/mol. The smallest absolute Gasteiger partial charge is 0.325 e. The zero-order valence-electron chi connectivity index (χ0n) is 6.01. The molecule has 0 aliphatic carbocycles. The van der Waals surface area contributed by atoms with E-state index in [9.17, 15) is 4.79 Å². The molecule has 1 saturated heterocycles. The van der Waals surface area contributed by atoms with Gasteiger partial charge in [0, 0.05) is 19.5 Å². The first kappa shape index (κ1) is 7.54. The molecule has 1 heterocycles. The molecule has 1 aliphatic rings. The molecular formula is C7H12NO2. The lowest BCUT2D eigenvalue weighted by molar-refractivity contribution is -0.184. The molecule has 0 aromatic carbocycles. The van der Waals surface area contributed by atoms with Crippen molar-refractivity contribution in [3.05, 3.63) is 6.92 Å². The first-order chi connectivity index (χ1) is 4.83. The van der Waals surface area contributed by atoms with Crippen molar-refractivity contribution >= 4 is 5.97 Å². The Kier molecular flexibility index (Phi) is 2.68. The summed E-state index contributed by atoms with van der Waals surface area (Å²) in [6, 6.07) is 0. The third-order valence-electron chi connectivity index (χ3n) is 1.50. The maximum atomic E-state index is 10.6. The molecular weight excluding hydrogens is 130 g/mol. The lowest BCUT2D eigenvalue weighted by Crippen LogP contribution is -2.23. The number of hydroxylamine groups is 2. The second kappa shape index (κ2) is 3.56. The van der Waals surface area contributed by atoms with Crippen molar-refractivity contribution in [1.82, 2.24) is 5.06 Å². The maximum Gasteiger partial charge on any atom is 0.325 e. The normalized spacial score (nSPS) is 19.3. The van der Waals surface area contributed by atoms with Gasteiger partial charge >= 0.3 is 5.97 Å². The van der Waals surface area contributed by atoms with Gasteiger partial charge in [-0.3, -0.25) is 4.79 Å². The molecule has 1 fully saturated rings. The molecule has 0 spiro atoms. The highest BCUT2D eigenvalue weighted by molar-refractivity contribution is 5.69. The third-order valence-corrected chi connectivity index (χ3v) is 1.50. The Bertz CT molecular complexity index is 119. The van der Waals surface area contributed by atoms with Gasteiger partial charge in [0.2, 0.25) is 0 Å². The van der Waals surface area contributed by atoms with Crippen molar-refractivity contribution in [2.45, 2.75) is 19.3 Å². The van der Waals surface area contributed by atoms with Gasteiger partial charge in [-0.25, -0.2) is 0 Å². The summed E-state index contributed by atoms with van der Waals surface area (Å²) in [7, 11) is 0. The summed E-state index contributed by atoms with van der Waals surface area (Å²) >= 11 is 0. The van der Waals surface area contributed by atoms with Crippen LogP contribution in [0.4, 0.5) is 0 Å². The Morgan fingerprint density at radius 1 is 1.50 bits per heavy atom. The number of carbonyl (C=O) groups excluding carboxylic acids is 1. The molecule has 0 aromatic rings. The molecule has 0 unspecified atom stereocenters. The van der Waals surface area contributed by atoms with E-state index in [4.69, 9.17) is 4.84 Å². The van der Waals surface area contributed by atoms with E-state index >= 15 is 0 Å². The second-order valence-corrected chi connectivity index (χ2v) is 2.35. The van der Waals surface area contributed by atoms with E-state index in [-0.39, 0.29) is 12.4 Å². The summed E-state index contributed by atoms with van der Waals surface area (Å²) in [6.07, 6.45) is 2.48. The molecule has 1 radical (unpaired) electrons. The van der Waals surface area contributed by atoms with Gasteiger partial charge in [0.15, 0.2) is 0 Å². The van der Waals surface area contributed by atoms with Crippen molar-refractivity contribution in [2.24, 2.45) is 0 Å². The maximum absolute atomic E-state index is 10.6. The molecule has 57 valence electrons. The van der Waals surface area contributed by atoms with Gasteiger partial charge in [0.05, 0.1) is 0 Å². The fraction of sp³-hybridized carbons (Fsp3) is 0.714. The Hall–Kier alpha value is -0.570. The van der Waals surface area contributed by atoms with Gasteiger partial charge < -0.3 is 4.84 Å². The molecule has 0 saturated carbocycles. The average molecular weight is 142 g/mol. The van der Waals surface area contributed by atoms with Gasteiger partial charge in [-0.2, -0.15) is 0 Å². The lowest BCUT2D eigenvalue weighted by atomic mass is 10.4. The molecule has 0 aromatic heterocycles. The Morgan fingerprint density at radius 2 is 2.10 bits per heavy atom. The molecule has 3 nitrogen and oxygen atoms in total. The molecule has 10 heavy (non-hydrogen) atoms. The van der Waals surface area contributed by atoms with Crippen LogP contribution >= 0.6 is 0 Å².